The highest BCUT2D eigenvalue weighted by Crippen LogP contribution is 2.31. The van der Waals surface area contributed by atoms with E-state index in [-0.39, 0.29) is 41.6 Å². The van der Waals surface area contributed by atoms with Gasteiger partial charge in [0.05, 0.1) is 31.0 Å². The maximum Gasteiger partial charge on any atom is 0.264 e. The normalized spacial score (nSPS) is 12.4. The van der Waals surface area contributed by atoms with Gasteiger partial charge in [0.25, 0.3) is 11.8 Å². The van der Waals surface area contributed by atoms with Gasteiger partial charge in [0.2, 0.25) is 12.3 Å². The molecule has 1 heterocycles. The molecule has 1 N–H and O–H groups in total. The Balaban J connectivity index is 2.60. The lowest BCUT2D eigenvalue weighted by atomic mass is 10.0. The van der Waals surface area contributed by atoms with Gasteiger partial charge in [0.15, 0.2) is 5.75 Å². The van der Waals surface area contributed by atoms with Gasteiger partial charge in [0.1, 0.15) is 5.82 Å². The van der Waals surface area contributed by atoms with Gasteiger partial charge in [-0.1, -0.05) is 0 Å². The van der Waals surface area contributed by atoms with Crippen LogP contribution < -0.4 is 14.8 Å². The number of benzene rings is 1. The maximum absolute atomic E-state index is 14.7. The van der Waals surface area contributed by atoms with Crippen molar-refractivity contribution in [3.8, 4) is 11.6 Å². The number of ether oxygens (including phenoxy) is 2. The van der Waals surface area contributed by atoms with Gasteiger partial charge in [-0.15, -0.1) is 0 Å². The zero-order valence-electron chi connectivity index (χ0n) is 19.0. The summed E-state index contributed by atoms with van der Waals surface area (Å²) in [7, 11) is -0.0101. The van der Waals surface area contributed by atoms with Crippen LogP contribution in [0, 0.1) is 12.7 Å². The number of hydrogen-bond acceptors (Lipinski definition) is 7. The number of amides is 3. The molecule has 2 unspecified atom stereocenters. The van der Waals surface area contributed by atoms with Crippen LogP contribution in [0.1, 0.15) is 41.5 Å². The van der Waals surface area contributed by atoms with Crippen molar-refractivity contribution in [2.24, 2.45) is 0 Å². The molecular formula is C22H26FN3O6S. The van der Waals surface area contributed by atoms with Crippen LogP contribution in [-0.2, 0) is 20.4 Å². The molecule has 2 rings (SSSR count). The smallest absolute Gasteiger partial charge is 0.264 e. The summed E-state index contributed by atoms with van der Waals surface area (Å²) < 4.78 is 37.5. The van der Waals surface area contributed by atoms with Crippen LogP contribution in [-0.4, -0.2) is 58.0 Å². The minimum absolute atomic E-state index is 0.137. The number of carbonyl (C=O) groups excluding carboxylic acids is 3. The number of halogens is 1. The first kappa shape index (κ1) is 25.9. The van der Waals surface area contributed by atoms with E-state index in [1.54, 1.807) is 13.0 Å². The first-order valence-electron chi connectivity index (χ1n) is 9.96. The molecule has 9 nitrogen and oxygen atoms in total. The molecule has 3 amide bonds. The predicted octanol–water partition coefficient (Wildman–Crippen LogP) is 2.61. The molecule has 11 heteroatoms. The van der Waals surface area contributed by atoms with Crippen molar-refractivity contribution in [1.82, 2.24) is 9.88 Å². The maximum atomic E-state index is 14.7. The van der Waals surface area contributed by atoms with Crippen molar-refractivity contribution in [2.75, 3.05) is 31.0 Å². The fourth-order valence-electron chi connectivity index (χ4n) is 3.21. The largest absolute Gasteiger partial charge is 0.491 e. The van der Waals surface area contributed by atoms with Gasteiger partial charge in [-0.25, -0.2) is 9.37 Å². The Labute approximate surface area is 193 Å². The molecule has 2 aromatic rings. The summed E-state index contributed by atoms with van der Waals surface area (Å²) >= 11 is 0. The number of aromatic nitrogens is 1. The lowest BCUT2D eigenvalue weighted by Crippen LogP contribution is -2.38. The highest BCUT2D eigenvalue weighted by molar-refractivity contribution is 7.84. The number of hydrogen-bond donors (Lipinski definition) is 1. The van der Waals surface area contributed by atoms with E-state index in [2.05, 4.69) is 10.3 Å². The van der Waals surface area contributed by atoms with Crippen LogP contribution in [0.5, 0.6) is 11.6 Å². The molecule has 33 heavy (non-hydrogen) atoms. The summed E-state index contributed by atoms with van der Waals surface area (Å²) in [6.07, 6.45) is 1.66. The number of nitrogens with one attached hydrogen (secondary N) is 1. The summed E-state index contributed by atoms with van der Waals surface area (Å²) in [5, 5.41) is 2.52. The minimum Gasteiger partial charge on any atom is -0.491 e. The Morgan fingerprint density at radius 3 is 2.55 bits per heavy atom. The Bertz CT molecular complexity index is 1080. The third kappa shape index (κ3) is 6.13. The molecule has 2 atom stereocenters. The molecule has 0 saturated heterocycles. The third-order valence-electron chi connectivity index (χ3n) is 4.70. The molecule has 1 aromatic heterocycles. The van der Waals surface area contributed by atoms with Crippen LogP contribution in [0.25, 0.3) is 0 Å². The summed E-state index contributed by atoms with van der Waals surface area (Å²) in [5.41, 5.74) is 0.204. The van der Waals surface area contributed by atoms with Gasteiger partial charge in [0, 0.05) is 35.4 Å². The van der Waals surface area contributed by atoms with E-state index in [9.17, 15) is 23.0 Å². The molecular weight excluding hydrogens is 453 g/mol. The molecule has 0 spiro atoms. The molecule has 0 radical (unpaired) electrons. The van der Waals surface area contributed by atoms with Crippen LogP contribution in [0.3, 0.4) is 0 Å². The number of carbonyl (C=O) groups is 3. The van der Waals surface area contributed by atoms with E-state index in [4.69, 9.17) is 9.47 Å². The average Bonchev–Trinajstić information content (AvgIpc) is 2.75. The second-order valence-corrected chi connectivity index (χ2v) is 8.51. The van der Waals surface area contributed by atoms with Crippen LogP contribution in [0.4, 0.5) is 10.1 Å². The van der Waals surface area contributed by atoms with Gasteiger partial charge >= 0.3 is 0 Å². The van der Waals surface area contributed by atoms with Gasteiger partial charge in [-0.2, -0.15) is 0 Å². The molecule has 0 saturated carbocycles. The van der Waals surface area contributed by atoms with Crippen molar-refractivity contribution in [2.45, 2.75) is 26.8 Å². The van der Waals surface area contributed by atoms with Gasteiger partial charge in [-0.3, -0.25) is 23.5 Å². The number of pyridine rings is 1. The molecule has 0 aliphatic rings. The molecule has 1 aromatic carbocycles. The number of imide groups is 1. The number of nitrogens with zero attached hydrogens (tertiary/aromatic N) is 2. The van der Waals surface area contributed by atoms with E-state index in [0.29, 0.717) is 5.75 Å². The highest BCUT2D eigenvalue weighted by Gasteiger charge is 2.32. The first-order chi connectivity index (χ1) is 15.6. The van der Waals surface area contributed by atoms with E-state index in [0.717, 1.165) is 11.0 Å². The molecule has 178 valence electrons. The van der Waals surface area contributed by atoms with Crippen molar-refractivity contribution in [3.05, 3.63) is 46.9 Å². The van der Waals surface area contributed by atoms with E-state index in [1.165, 1.54) is 39.3 Å². The molecule has 0 fully saturated rings. The SMILES string of the molecule is CCOc1nc(C(CS(C)=O)N(C=O)C(=O)c2c(F)ccc(NC(C)=O)c2C)ccc1OC. The third-order valence-corrected chi connectivity index (χ3v) is 5.49. The van der Waals surface area contributed by atoms with Crippen LogP contribution in [0.2, 0.25) is 0 Å². The Hall–Kier alpha value is -3.34. The molecule has 0 aliphatic carbocycles. The quantitative estimate of drug-likeness (QED) is 0.521. The minimum atomic E-state index is -1.45. The predicted molar refractivity (Wildman–Crippen MR) is 121 cm³/mol. The van der Waals surface area contributed by atoms with Crippen molar-refractivity contribution in [3.63, 3.8) is 0 Å². The standard InChI is InChI=1S/C22H26FN3O6S/c1-6-32-21-19(31-4)10-9-17(25-21)18(11-33(5)30)26(12-27)22(29)20-13(2)16(24-14(3)28)8-7-15(20)23/h7-10,12,18H,6,11H2,1-5H3,(H,24,28). The highest BCUT2D eigenvalue weighted by atomic mass is 32.2. The number of methoxy groups -OCH3 is 1. The van der Waals surface area contributed by atoms with Crippen LogP contribution in [0.15, 0.2) is 24.3 Å². The summed E-state index contributed by atoms with van der Waals surface area (Å²) in [6, 6.07) is 4.34. The topological polar surface area (TPSA) is 115 Å². The second kappa shape index (κ2) is 11.5. The first-order valence-corrected chi connectivity index (χ1v) is 11.7. The van der Waals surface area contributed by atoms with E-state index >= 15 is 0 Å². The number of anilines is 1. The lowest BCUT2D eigenvalue weighted by Gasteiger charge is -2.27. The zero-order chi connectivity index (χ0) is 24.7. The summed E-state index contributed by atoms with van der Waals surface area (Å²) in [5.74, 6) is -1.89. The summed E-state index contributed by atoms with van der Waals surface area (Å²) in [6.45, 7) is 4.77. The Morgan fingerprint density at radius 1 is 1.30 bits per heavy atom. The van der Waals surface area contributed by atoms with E-state index < -0.39 is 40.0 Å². The second-order valence-electron chi connectivity index (χ2n) is 7.03. The van der Waals surface area contributed by atoms with E-state index in [1.807, 2.05) is 0 Å². The van der Waals surface area contributed by atoms with Crippen molar-refractivity contribution in [1.29, 1.82) is 0 Å². The summed E-state index contributed by atoms with van der Waals surface area (Å²) in [4.78, 5) is 42.0. The average molecular weight is 480 g/mol. The molecule has 0 aliphatic heterocycles. The fraction of sp³-hybridized carbons (Fsp3) is 0.364. The Kier molecular flexibility index (Phi) is 9.03. The molecule has 0 bridgehead atoms. The number of rotatable bonds is 10. The van der Waals surface area contributed by atoms with Gasteiger partial charge in [-0.05, 0) is 43.7 Å². The van der Waals surface area contributed by atoms with Crippen LogP contribution >= 0.6 is 0 Å². The Morgan fingerprint density at radius 2 is 2.00 bits per heavy atom. The zero-order valence-corrected chi connectivity index (χ0v) is 19.8. The fourth-order valence-corrected chi connectivity index (χ4v) is 3.99. The lowest BCUT2D eigenvalue weighted by molar-refractivity contribution is -0.117. The monoisotopic (exact) mass is 479 g/mol. The van der Waals surface area contributed by atoms with Gasteiger partial charge < -0.3 is 14.8 Å². The van der Waals surface area contributed by atoms with Crippen molar-refractivity contribution < 1.29 is 32.5 Å². The van der Waals surface area contributed by atoms with Crippen molar-refractivity contribution >= 4 is 34.7 Å².